The van der Waals surface area contributed by atoms with Crippen LogP contribution in [0.1, 0.15) is 52.4 Å². The van der Waals surface area contributed by atoms with Gasteiger partial charge in [-0.25, -0.2) is 8.42 Å². The first-order chi connectivity index (χ1) is 10.6. The van der Waals surface area contributed by atoms with Gasteiger partial charge in [-0.3, -0.25) is 4.72 Å². The van der Waals surface area contributed by atoms with Crippen LogP contribution in [-0.4, -0.2) is 37.0 Å². The van der Waals surface area contributed by atoms with Gasteiger partial charge in [-0.1, -0.05) is 20.3 Å². The summed E-state index contributed by atoms with van der Waals surface area (Å²) in [5, 5.41) is 8.25. The van der Waals surface area contributed by atoms with Crippen LogP contribution in [0.25, 0.3) is 0 Å². The molecule has 1 aliphatic rings. The van der Waals surface area contributed by atoms with Crippen molar-refractivity contribution in [3.63, 3.8) is 0 Å². The van der Waals surface area contributed by atoms with Gasteiger partial charge in [-0.15, -0.1) is 10.2 Å². The zero-order valence-electron chi connectivity index (χ0n) is 13.5. The number of unbranched alkanes of at least 4 members (excludes halogenated alkanes) is 1. The number of nitrogens with one attached hydrogen (secondary N) is 1. The molecule has 1 fully saturated rings. The fourth-order valence-electron chi connectivity index (χ4n) is 2.80. The molecule has 0 spiro atoms. The van der Waals surface area contributed by atoms with Crippen molar-refractivity contribution in [1.82, 2.24) is 10.2 Å². The molecule has 1 aromatic heterocycles. The highest BCUT2D eigenvalue weighted by atomic mass is 32.2. The SMILES string of the molecule is CCCCS(=O)(=O)Nc1ccc(N2CCCCC2CC)nn1. The summed E-state index contributed by atoms with van der Waals surface area (Å²) >= 11 is 0. The summed E-state index contributed by atoms with van der Waals surface area (Å²) < 4.78 is 26.2. The topological polar surface area (TPSA) is 75.2 Å². The lowest BCUT2D eigenvalue weighted by atomic mass is 10.0. The van der Waals surface area contributed by atoms with Crippen molar-refractivity contribution in [3.05, 3.63) is 12.1 Å². The Morgan fingerprint density at radius 1 is 1.27 bits per heavy atom. The molecule has 0 aromatic carbocycles. The maximum absolute atomic E-state index is 11.9. The van der Waals surface area contributed by atoms with E-state index in [1.54, 1.807) is 6.07 Å². The Morgan fingerprint density at radius 2 is 2.09 bits per heavy atom. The normalized spacial score (nSPS) is 19.2. The van der Waals surface area contributed by atoms with Crippen LogP contribution in [0.4, 0.5) is 11.6 Å². The molecule has 2 rings (SSSR count). The van der Waals surface area contributed by atoms with Gasteiger partial charge in [-0.2, -0.15) is 0 Å². The summed E-state index contributed by atoms with van der Waals surface area (Å²) in [6.45, 7) is 5.15. The zero-order chi connectivity index (χ0) is 16.0. The summed E-state index contributed by atoms with van der Waals surface area (Å²) in [6.07, 6.45) is 6.20. The van der Waals surface area contributed by atoms with E-state index in [1.807, 2.05) is 13.0 Å². The minimum absolute atomic E-state index is 0.122. The highest BCUT2D eigenvalue weighted by molar-refractivity contribution is 7.92. The first-order valence-electron chi connectivity index (χ1n) is 8.16. The summed E-state index contributed by atoms with van der Waals surface area (Å²) in [6, 6.07) is 4.07. The largest absolute Gasteiger partial charge is 0.352 e. The molecule has 0 amide bonds. The Kier molecular flexibility index (Phi) is 5.99. The van der Waals surface area contributed by atoms with E-state index in [4.69, 9.17) is 0 Å². The number of nitrogens with zero attached hydrogens (tertiary/aromatic N) is 3. The first kappa shape index (κ1) is 17.0. The highest BCUT2D eigenvalue weighted by Crippen LogP contribution is 2.25. The molecule has 1 aromatic rings. The molecule has 0 aliphatic carbocycles. The van der Waals surface area contributed by atoms with E-state index in [9.17, 15) is 8.42 Å². The fourth-order valence-corrected chi connectivity index (χ4v) is 4.00. The van der Waals surface area contributed by atoms with Crippen LogP contribution in [0.5, 0.6) is 0 Å². The van der Waals surface area contributed by atoms with Gasteiger partial charge in [0.1, 0.15) is 0 Å². The van der Waals surface area contributed by atoms with Gasteiger partial charge in [0.25, 0.3) is 0 Å². The van der Waals surface area contributed by atoms with E-state index in [-0.39, 0.29) is 5.75 Å². The monoisotopic (exact) mass is 326 g/mol. The number of piperidine rings is 1. The van der Waals surface area contributed by atoms with Crippen molar-refractivity contribution in [2.24, 2.45) is 0 Å². The number of sulfonamides is 1. The van der Waals surface area contributed by atoms with Gasteiger partial charge in [0.2, 0.25) is 10.0 Å². The average Bonchev–Trinajstić information content (AvgIpc) is 2.53. The van der Waals surface area contributed by atoms with Gasteiger partial charge in [-0.05, 0) is 44.2 Å². The smallest absolute Gasteiger partial charge is 0.233 e. The van der Waals surface area contributed by atoms with Crippen LogP contribution in [-0.2, 0) is 10.0 Å². The van der Waals surface area contributed by atoms with Crippen molar-refractivity contribution < 1.29 is 8.42 Å². The van der Waals surface area contributed by atoms with Crippen molar-refractivity contribution in [2.75, 3.05) is 21.9 Å². The van der Waals surface area contributed by atoms with Crippen LogP contribution >= 0.6 is 0 Å². The number of aromatic nitrogens is 2. The molecule has 0 radical (unpaired) electrons. The molecular formula is C15H26N4O2S. The Bertz CT molecular complexity index is 559. The lowest BCUT2D eigenvalue weighted by molar-refractivity contribution is 0.445. The van der Waals surface area contributed by atoms with Crippen molar-refractivity contribution in [2.45, 2.75) is 58.4 Å². The molecule has 7 heteroatoms. The Labute approximate surface area is 133 Å². The molecule has 0 saturated carbocycles. The number of anilines is 2. The second-order valence-corrected chi connectivity index (χ2v) is 7.64. The Hall–Kier alpha value is -1.37. The third-order valence-electron chi connectivity index (χ3n) is 4.07. The second-order valence-electron chi connectivity index (χ2n) is 5.80. The van der Waals surface area contributed by atoms with Crippen molar-refractivity contribution in [3.8, 4) is 0 Å². The minimum atomic E-state index is -3.32. The molecule has 1 atom stereocenters. The molecule has 124 valence electrons. The molecule has 22 heavy (non-hydrogen) atoms. The summed E-state index contributed by atoms with van der Waals surface area (Å²) in [7, 11) is -3.32. The molecule has 6 nitrogen and oxygen atoms in total. The quantitative estimate of drug-likeness (QED) is 0.834. The van der Waals surface area contributed by atoms with Gasteiger partial charge >= 0.3 is 0 Å². The predicted molar refractivity (Wildman–Crippen MR) is 89.6 cm³/mol. The van der Waals surface area contributed by atoms with Gasteiger partial charge in [0.15, 0.2) is 11.6 Å². The van der Waals surface area contributed by atoms with Crippen LogP contribution in [0.15, 0.2) is 12.1 Å². The highest BCUT2D eigenvalue weighted by Gasteiger charge is 2.22. The number of hydrogen-bond donors (Lipinski definition) is 1. The van der Waals surface area contributed by atoms with Crippen molar-refractivity contribution in [1.29, 1.82) is 0 Å². The molecular weight excluding hydrogens is 300 g/mol. The first-order valence-corrected chi connectivity index (χ1v) is 9.82. The maximum atomic E-state index is 11.9. The number of rotatable bonds is 7. The van der Waals surface area contributed by atoms with E-state index < -0.39 is 10.0 Å². The van der Waals surface area contributed by atoms with Gasteiger partial charge < -0.3 is 4.90 Å². The Morgan fingerprint density at radius 3 is 2.73 bits per heavy atom. The molecule has 1 unspecified atom stereocenters. The van der Waals surface area contributed by atoms with Gasteiger partial charge in [0.05, 0.1) is 5.75 Å². The second kappa shape index (κ2) is 7.76. The van der Waals surface area contributed by atoms with Crippen LogP contribution < -0.4 is 9.62 Å². The molecule has 0 bridgehead atoms. The fraction of sp³-hybridized carbons (Fsp3) is 0.733. The third kappa shape index (κ3) is 4.56. The lowest BCUT2D eigenvalue weighted by Crippen LogP contribution is -2.39. The van der Waals surface area contributed by atoms with Crippen molar-refractivity contribution >= 4 is 21.7 Å². The minimum Gasteiger partial charge on any atom is -0.352 e. The standard InChI is InChI=1S/C15H26N4O2S/c1-3-5-12-22(20,21)18-14-9-10-15(17-16-14)19-11-7-6-8-13(19)4-2/h9-10,13H,3-8,11-12H2,1-2H3,(H,16,18). The predicted octanol–water partition coefficient (Wildman–Crippen LogP) is 2.79. The number of hydrogen-bond acceptors (Lipinski definition) is 5. The van der Waals surface area contributed by atoms with Crippen LogP contribution in [0.3, 0.4) is 0 Å². The summed E-state index contributed by atoms with van der Waals surface area (Å²) in [4.78, 5) is 2.28. The van der Waals surface area contributed by atoms with E-state index in [2.05, 4.69) is 26.7 Å². The maximum Gasteiger partial charge on any atom is 0.233 e. The van der Waals surface area contributed by atoms with E-state index in [0.717, 1.165) is 25.2 Å². The van der Waals surface area contributed by atoms with E-state index in [1.165, 1.54) is 19.3 Å². The average molecular weight is 326 g/mol. The molecule has 2 heterocycles. The third-order valence-corrected chi connectivity index (χ3v) is 5.42. The summed E-state index contributed by atoms with van der Waals surface area (Å²) in [5.41, 5.74) is 0. The van der Waals surface area contributed by atoms with Crippen LogP contribution in [0.2, 0.25) is 0 Å². The molecule has 1 N–H and O–H groups in total. The molecule has 1 aliphatic heterocycles. The van der Waals surface area contributed by atoms with E-state index in [0.29, 0.717) is 18.3 Å². The zero-order valence-corrected chi connectivity index (χ0v) is 14.3. The van der Waals surface area contributed by atoms with E-state index >= 15 is 0 Å². The molecule has 1 saturated heterocycles. The Balaban J connectivity index is 2.03. The summed E-state index contributed by atoms with van der Waals surface area (Å²) in [5.74, 6) is 1.25. The lowest BCUT2D eigenvalue weighted by Gasteiger charge is -2.35. The van der Waals surface area contributed by atoms with Crippen LogP contribution in [0, 0.1) is 0 Å². The van der Waals surface area contributed by atoms with Gasteiger partial charge in [0, 0.05) is 12.6 Å².